The van der Waals surface area contributed by atoms with Gasteiger partial charge in [0.15, 0.2) is 0 Å². The second kappa shape index (κ2) is 6.00. The van der Waals surface area contributed by atoms with Gasteiger partial charge in [0.05, 0.1) is 18.6 Å². The van der Waals surface area contributed by atoms with Gasteiger partial charge in [0.2, 0.25) is 5.91 Å². The Bertz CT molecular complexity index is 134. The Balaban J connectivity index is 3.74. The molecule has 0 spiro atoms. The molecule has 72 valence electrons. The SMILES string of the molecule is CCC(CC(=O)NC)OC(C)C. The van der Waals surface area contributed by atoms with Crippen LogP contribution in [0.3, 0.4) is 0 Å². The smallest absolute Gasteiger partial charge is 0.222 e. The minimum Gasteiger partial charge on any atom is -0.375 e. The summed E-state index contributed by atoms with van der Waals surface area (Å²) in [5, 5.41) is 2.58. The van der Waals surface area contributed by atoms with E-state index < -0.39 is 0 Å². The number of hydrogen-bond acceptors (Lipinski definition) is 2. The normalized spacial score (nSPS) is 13.1. The highest BCUT2D eigenvalue weighted by Crippen LogP contribution is 2.06. The molecular weight excluding hydrogens is 154 g/mol. The fraction of sp³-hybridized carbons (Fsp3) is 0.889. The summed E-state index contributed by atoms with van der Waals surface area (Å²) >= 11 is 0. The molecule has 1 N–H and O–H groups in total. The van der Waals surface area contributed by atoms with Gasteiger partial charge in [-0.3, -0.25) is 4.79 Å². The van der Waals surface area contributed by atoms with Crippen molar-refractivity contribution >= 4 is 5.91 Å². The first kappa shape index (κ1) is 11.4. The Morgan fingerprint density at radius 1 is 1.50 bits per heavy atom. The number of hydrogen-bond donors (Lipinski definition) is 1. The van der Waals surface area contributed by atoms with E-state index in [1.165, 1.54) is 0 Å². The van der Waals surface area contributed by atoms with Crippen LogP contribution in [-0.4, -0.2) is 25.2 Å². The van der Waals surface area contributed by atoms with Crippen molar-refractivity contribution in [2.75, 3.05) is 7.05 Å². The Kier molecular flexibility index (Phi) is 5.72. The third-order valence-electron chi connectivity index (χ3n) is 1.61. The van der Waals surface area contributed by atoms with Crippen LogP contribution in [0.5, 0.6) is 0 Å². The summed E-state index contributed by atoms with van der Waals surface area (Å²) in [6.07, 6.45) is 1.60. The van der Waals surface area contributed by atoms with Crippen LogP contribution in [0, 0.1) is 0 Å². The van der Waals surface area contributed by atoms with Crippen LogP contribution < -0.4 is 5.32 Å². The fourth-order valence-corrected chi connectivity index (χ4v) is 0.982. The van der Waals surface area contributed by atoms with Gasteiger partial charge in [0.1, 0.15) is 0 Å². The summed E-state index contributed by atoms with van der Waals surface area (Å²) < 4.78 is 5.51. The molecule has 0 bridgehead atoms. The molecule has 1 unspecified atom stereocenters. The maximum atomic E-state index is 11.0. The third kappa shape index (κ3) is 5.13. The highest BCUT2D eigenvalue weighted by molar-refractivity contribution is 5.75. The lowest BCUT2D eigenvalue weighted by molar-refractivity contribution is -0.124. The Labute approximate surface area is 74.5 Å². The highest BCUT2D eigenvalue weighted by atomic mass is 16.5. The molecule has 0 aliphatic rings. The van der Waals surface area contributed by atoms with E-state index in [0.29, 0.717) is 6.42 Å². The van der Waals surface area contributed by atoms with E-state index >= 15 is 0 Å². The summed E-state index contributed by atoms with van der Waals surface area (Å²) in [4.78, 5) is 11.0. The Hall–Kier alpha value is -0.570. The van der Waals surface area contributed by atoms with Gasteiger partial charge in [-0.2, -0.15) is 0 Å². The molecule has 0 saturated carbocycles. The molecule has 0 aliphatic carbocycles. The number of amides is 1. The quantitative estimate of drug-likeness (QED) is 0.681. The van der Waals surface area contributed by atoms with E-state index in [1.54, 1.807) is 7.05 Å². The molecule has 0 rings (SSSR count). The molecular formula is C9H19NO2. The lowest BCUT2D eigenvalue weighted by atomic mass is 10.2. The van der Waals surface area contributed by atoms with E-state index in [-0.39, 0.29) is 18.1 Å². The van der Waals surface area contributed by atoms with Crippen molar-refractivity contribution in [3.8, 4) is 0 Å². The summed E-state index contributed by atoms with van der Waals surface area (Å²) in [5.41, 5.74) is 0. The van der Waals surface area contributed by atoms with E-state index in [2.05, 4.69) is 5.32 Å². The van der Waals surface area contributed by atoms with Crippen molar-refractivity contribution in [2.24, 2.45) is 0 Å². The van der Waals surface area contributed by atoms with Gasteiger partial charge in [-0.15, -0.1) is 0 Å². The van der Waals surface area contributed by atoms with Gasteiger partial charge in [-0.25, -0.2) is 0 Å². The third-order valence-corrected chi connectivity index (χ3v) is 1.61. The zero-order valence-electron chi connectivity index (χ0n) is 8.39. The van der Waals surface area contributed by atoms with Crippen LogP contribution in [0.15, 0.2) is 0 Å². The highest BCUT2D eigenvalue weighted by Gasteiger charge is 2.12. The molecule has 3 nitrogen and oxygen atoms in total. The lowest BCUT2D eigenvalue weighted by Crippen LogP contribution is -2.27. The van der Waals surface area contributed by atoms with Gasteiger partial charge in [-0.05, 0) is 20.3 Å². The Morgan fingerprint density at radius 3 is 2.42 bits per heavy atom. The molecule has 12 heavy (non-hydrogen) atoms. The van der Waals surface area contributed by atoms with E-state index in [9.17, 15) is 4.79 Å². The maximum absolute atomic E-state index is 11.0. The number of carbonyl (C=O) groups is 1. The van der Waals surface area contributed by atoms with Crippen molar-refractivity contribution in [3.05, 3.63) is 0 Å². The molecule has 0 aromatic heterocycles. The van der Waals surface area contributed by atoms with Crippen LogP contribution in [0.2, 0.25) is 0 Å². The summed E-state index contributed by atoms with van der Waals surface area (Å²) in [5.74, 6) is 0.0440. The summed E-state index contributed by atoms with van der Waals surface area (Å²) in [6.45, 7) is 5.98. The first-order chi connectivity index (χ1) is 5.60. The van der Waals surface area contributed by atoms with Crippen molar-refractivity contribution in [1.29, 1.82) is 0 Å². The first-order valence-corrected chi connectivity index (χ1v) is 4.46. The molecule has 0 fully saturated rings. The topological polar surface area (TPSA) is 38.3 Å². The van der Waals surface area contributed by atoms with E-state index in [1.807, 2.05) is 20.8 Å². The van der Waals surface area contributed by atoms with Crippen molar-refractivity contribution in [3.63, 3.8) is 0 Å². The van der Waals surface area contributed by atoms with E-state index in [0.717, 1.165) is 6.42 Å². The predicted molar refractivity (Wildman–Crippen MR) is 49.0 cm³/mol. The molecule has 1 atom stereocenters. The Morgan fingerprint density at radius 2 is 2.08 bits per heavy atom. The molecule has 0 aromatic rings. The average Bonchev–Trinajstić information content (AvgIpc) is 2.02. The number of ether oxygens (including phenoxy) is 1. The zero-order chi connectivity index (χ0) is 9.56. The fourth-order valence-electron chi connectivity index (χ4n) is 0.982. The number of rotatable bonds is 5. The van der Waals surface area contributed by atoms with Crippen LogP contribution >= 0.6 is 0 Å². The summed E-state index contributed by atoms with van der Waals surface area (Å²) in [6, 6.07) is 0. The molecule has 0 aliphatic heterocycles. The summed E-state index contributed by atoms with van der Waals surface area (Å²) in [7, 11) is 1.64. The van der Waals surface area contributed by atoms with Crippen molar-refractivity contribution < 1.29 is 9.53 Å². The molecule has 0 heterocycles. The molecule has 0 saturated heterocycles. The van der Waals surface area contributed by atoms with Gasteiger partial charge in [0, 0.05) is 7.05 Å². The largest absolute Gasteiger partial charge is 0.375 e. The van der Waals surface area contributed by atoms with Crippen molar-refractivity contribution in [1.82, 2.24) is 5.32 Å². The minimum atomic E-state index is 0.0440. The number of carbonyl (C=O) groups excluding carboxylic acids is 1. The minimum absolute atomic E-state index is 0.0440. The van der Waals surface area contributed by atoms with Gasteiger partial charge in [-0.1, -0.05) is 6.92 Å². The molecule has 1 amide bonds. The van der Waals surface area contributed by atoms with Crippen molar-refractivity contribution in [2.45, 2.75) is 45.8 Å². The monoisotopic (exact) mass is 173 g/mol. The second-order valence-corrected chi connectivity index (χ2v) is 3.09. The second-order valence-electron chi connectivity index (χ2n) is 3.09. The van der Waals surface area contributed by atoms with Crippen LogP contribution in [-0.2, 0) is 9.53 Å². The maximum Gasteiger partial charge on any atom is 0.222 e. The van der Waals surface area contributed by atoms with E-state index in [4.69, 9.17) is 4.74 Å². The van der Waals surface area contributed by atoms with Crippen LogP contribution in [0.1, 0.15) is 33.6 Å². The van der Waals surface area contributed by atoms with Gasteiger partial charge >= 0.3 is 0 Å². The first-order valence-electron chi connectivity index (χ1n) is 4.46. The van der Waals surface area contributed by atoms with Gasteiger partial charge < -0.3 is 10.1 Å². The van der Waals surface area contributed by atoms with Crippen LogP contribution in [0.4, 0.5) is 0 Å². The molecule has 0 aromatic carbocycles. The zero-order valence-corrected chi connectivity index (χ0v) is 8.39. The average molecular weight is 173 g/mol. The standard InChI is InChI=1S/C9H19NO2/c1-5-8(12-7(2)3)6-9(11)10-4/h7-8H,5-6H2,1-4H3,(H,10,11). The predicted octanol–water partition coefficient (Wildman–Crippen LogP) is 1.33. The number of nitrogens with one attached hydrogen (secondary N) is 1. The lowest BCUT2D eigenvalue weighted by Gasteiger charge is -2.17. The van der Waals surface area contributed by atoms with Gasteiger partial charge in [0.25, 0.3) is 0 Å². The van der Waals surface area contributed by atoms with Crippen LogP contribution in [0.25, 0.3) is 0 Å². The molecule has 3 heteroatoms. The molecule has 0 radical (unpaired) electrons.